The van der Waals surface area contributed by atoms with Gasteiger partial charge in [-0.15, -0.1) is 0 Å². The van der Waals surface area contributed by atoms with Gasteiger partial charge in [0, 0.05) is 12.8 Å². The fraction of sp³-hybridized carbons (Fsp3) is 0.320. The van der Waals surface area contributed by atoms with Crippen LogP contribution in [0.1, 0.15) is 24.5 Å². The summed E-state index contributed by atoms with van der Waals surface area (Å²) in [5.41, 5.74) is 11.9. The lowest BCUT2D eigenvalue weighted by atomic mass is 10.0. The van der Waals surface area contributed by atoms with Gasteiger partial charge in [0.25, 0.3) is 0 Å². The van der Waals surface area contributed by atoms with Crippen LogP contribution in [0.2, 0.25) is 0 Å². The summed E-state index contributed by atoms with van der Waals surface area (Å²) in [6.07, 6.45) is -0.423. The van der Waals surface area contributed by atoms with Crippen molar-refractivity contribution in [3.05, 3.63) is 65.7 Å². The molecule has 4 atom stereocenters. The van der Waals surface area contributed by atoms with Crippen molar-refractivity contribution in [2.45, 2.75) is 50.4 Å². The molecule has 0 fully saturated rings. The zero-order valence-electron chi connectivity index (χ0n) is 20.2. The van der Waals surface area contributed by atoms with Crippen molar-refractivity contribution in [3.8, 4) is 5.75 Å². The molecular weight excluding hydrogens is 482 g/mol. The number of nitrogens with two attached hydrogens (primary N) is 2. The zero-order valence-corrected chi connectivity index (χ0v) is 20.2. The number of aliphatic carboxylic acids is 1. The van der Waals surface area contributed by atoms with Gasteiger partial charge in [0.1, 0.15) is 23.9 Å². The van der Waals surface area contributed by atoms with E-state index in [-0.39, 0.29) is 18.6 Å². The number of nitrogens with one attached hydrogen (secondary N) is 3. The first-order valence-corrected chi connectivity index (χ1v) is 11.5. The molecule has 0 saturated heterocycles. The van der Waals surface area contributed by atoms with Crippen molar-refractivity contribution in [2.75, 3.05) is 0 Å². The third kappa shape index (κ3) is 9.61. The van der Waals surface area contributed by atoms with Crippen LogP contribution >= 0.6 is 0 Å². The molecule has 12 nitrogen and oxygen atoms in total. The Morgan fingerprint density at radius 1 is 0.784 bits per heavy atom. The first-order chi connectivity index (χ1) is 17.5. The second-order valence-corrected chi connectivity index (χ2v) is 8.53. The summed E-state index contributed by atoms with van der Waals surface area (Å²) in [6.45, 7) is 1.36. The number of carboxylic acids is 1. The number of phenols is 1. The van der Waals surface area contributed by atoms with Gasteiger partial charge >= 0.3 is 5.97 Å². The van der Waals surface area contributed by atoms with Crippen LogP contribution in [-0.4, -0.2) is 64.0 Å². The Balaban J connectivity index is 2.16. The lowest BCUT2D eigenvalue weighted by molar-refractivity contribution is -0.142. The highest BCUT2D eigenvalue weighted by Gasteiger charge is 2.29. The molecule has 0 saturated carbocycles. The van der Waals surface area contributed by atoms with Crippen molar-refractivity contribution in [3.63, 3.8) is 0 Å². The van der Waals surface area contributed by atoms with Gasteiger partial charge in [-0.25, -0.2) is 4.79 Å². The molecule has 0 heterocycles. The van der Waals surface area contributed by atoms with Gasteiger partial charge in [0.05, 0.1) is 12.5 Å². The van der Waals surface area contributed by atoms with Crippen LogP contribution < -0.4 is 27.4 Å². The summed E-state index contributed by atoms with van der Waals surface area (Å²) in [4.78, 5) is 60.9. The molecule has 12 heteroatoms. The topological polar surface area (TPSA) is 214 Å². The first-order valence-electron chi connectivity index (χ1n) is 11.5. The predicted octanol–water partition coefficient (Wildman–Crippen LogP) is -1.06. The number of primary amides is 1. The normalized spacial score (nSPS) is 13.9. The van der Waals surface area contributed by atoms with E-state index in [4.69, 9.17) is 11.5 Å². The Morgan fingerprint density at radius 3 is 1.89 bits per heavy atom. The van der Waals surface area contributed by atoms with Gasteiger partial charge in [0.15, 0.2) is 0 Å². The highest BCUT2D eigenvalue weighted by Crippen LogP contribution is 2.12. The number of rotatable bonds is 13. The molecule has 0 aliphatic carbocycles. The number of carbonyl (C=O) groups excluding carboxylic acids is 4. The number of phenolic OH excluding ortho intramolecular Hbond substituents is 1. The summed E-state index contributed by atoms with van der Waals surface area (Å²) in [7, 11) is 0. The minimum absolute atomic E-state index is 0.00576. The number of benzene rings is 2. The summed E-state index contributed by atoms with van der Waals surface area (Å²) in [6, 6.07) is 9.77. The van der Waals surface area contributed by atoms with Gasteiger partial charge in [-0.3, -0.25) is 19.2 Å². The minimum atomic E-state index is -1.27. The Labute approximate surface area is 213 Å². The van der Waals surface area contributed by atoms with E-state index in [1.165, 1.54) is 19.1 Å². The lowest BCUT2D eigenvalue weighted by Crippen LogP contribution is -2.57. The van der Waals surface area contributed by atoms with Gasteiger partial charge in [-0.2, -0.15) is 0 Å². The van der Waals surface area contributed by atoms with Crippen LogP contribution in [0.3, 0.4) is 0 Å². The molecule has 37 heavy (non-hydrogen) atoms. The first kappa shape index (κ1) is 28.8. The predicted molar refractivity (Wildman–Crippen MR) is 133 cm³/mol. The largest absolute Gasteiger partial charge is 0.508 e. The molecule has 2 aromatic rings. The molecule has 4 amide bonds. The van der Waals surface area contributed by atoms with Crippen LogP contribution in [-0.2, 0) is 36.8 Å². The average Bonchev–Trinajstić information content (AvgIpc) is 2.84. The molecule has 2 rings (SSSR count). The summed E-state index contributed by atoms with van der Waals surface area (Å²) in [5, 5.41) is 26.5. The van der Waals surface area contributed by atoms with E-state index < -0.39 is 60.2 Å². The Hall–Kier alpha value is -4.45. The summed E-state index contributed by atoms with van der Waals surface area (Å²) < 4.78 is 0. The molecular formula is C25H31N5O7. The van der Waals surface area contributed by atoms with Crippen molar-refractivity contribution in [1.29, 1.82) is 0 Å². The number of hydrogen-bond acceptors (Lipinski definition) is 7. The zero-order chi connectivity index (χ0) is 27.5. The van der Waals surface area contributed by atoms with Crippen LogP contribution in [0.15, 0.2) is 54.6 Å². The fourth-order valence-corrected chi connectivity index (χ4v) is 3.39. The molecule has 0 radical (unpaired) electrons. The van der Waals surface area contributed by atoms with Crippen molar-refractivity contribution in [2.24, 2.45) is 11.5 Å². The van der Waals surface area contributed by atoms with E-state index in [0.29, 0.717) is 11.1 Å². The van der Waals surface area contributed by atoms with E-state index in [1.54, 1.807) is 42.5 Å². The Bertz CT molecular complexity index is 1110. The molecule has 9 N–H and O–H groups in total. The fourth-order valence-electron chi connectivity index (χ4n) is 3.39. The third-order valence-electron chi connectivity index (χ3n) is 5.42. The molecule has 0 spiro atoms. The van der Waals surface area contributed by atoms with Crippen LogP contribution in [0.5, 0.6) is 5.75 Å². The molecule has 0 aliphatic rings. The van der Waals surface area contributed by atoms with Gasteiger partial charge in [-0.1, -0.05) is 42.5 Å². The van der Waals surface area contributed by atoms with Gasteiger partial charge < -0.3 is 37.6 Å². The van der Waals surface area contributed by atoms with Crippen LogP contribution in [0.25, 0.3) is 0 Å². The highest BCUT2D eigenvalue weighted by molar-refractivity contribution is 5.95. The maximum Gasteiger partial charge on any atom is 0.326 e. The van der Waals surface area contributed by atoms with E-state index in [1.807, 2.05) is 0 Å². The Morgan fingerprint density at radius 2 is 1.32 bits per heavy atom. The van der Waals surface area contributed by atoms with E-state index in [0.717, 1.165) is 0 Å². The Kier molecular flexibility index (Phi) is 10.6. The average molecular weight is 514 g/mol. The second kappa shape index (κ2) is 13.6. The van der Waals surface area contributed by atoms with Gasteiger partial charge in [-0.05, 0) is 30.2 Å². The monoisotopic (exact) mass is 513 g/mol. The van der Waals surface area contributed by atoms with E-state index in [9.17, 15) is 34.2 Å². The molecule has 198 valence electrons. The lowest BCUT2D eigenvalue weighted by Gasteiger charge is -2.24. The molecule has 4 unspecified atom stereocenters. The molecule has 2 aromatic carbocycles. The number of amides is 4. The highest BCUT2D eigenvalue weighted by atomic mass is 16.4. The van der Waals surface area contributed by atoms with Crippen molar-refractivity contribution >= 4 is 29.6 Å². The van der Waals surface area contributed by atoms with Crippen LogP contribution in [0.4, 0.5) is 0 Å². The smallest absolute Gasteiger partial charge is 0.326 e. The maximum absolute atomic E-state index is 13.1. The van der Waals surface area contributed by atoms with Crippen molar-refractivity contribution in [1.82, 2.24) is 16.0 Å². The molecule has 0 aromatic heterocycles. The quantitative estimate of drug-likeness (QED) is 0.175. The second-order valence-electron chi connectivity index (χ2n) is 8.53. The number of carbonyl (C=O) groups is 5. The summed E-state index contributed by atoms with van der Waals surface area (Å²) in [5.74, 6) is -4.31. The van der Waals surface area contributed by atoms with Crippen LogP contribution in [0, 0.1) is 0 Å². The van der Waals surface area contributed by atoms with E-state index in [2.05, 4.69) is 16.0 Å². The SMILES string of the molecule is CC(NC(=O)C(N)CC(N)=O)C(=O)NC(Cc1ccc(O)cc1)C(=O)NC(Cc1ccccc1)C(=O)O. The maximum atomic E-state index is 13.1. The number of carboxylic acid groups (broad SMARTS) is 1. The molecule has 0 aliphatic heterocycles. The van der Waals surface area contributed by atoms with E-state index >= 15 is 0 Å². The third-order valence-corrected chi connectivity index (χ3v) is 5.42. The van der Waals surface area contributed by atoms with Crippen molar-refractivity contribution < 1.29 is 34.2 Å². The molecule has 0 bridgehead atoms. The number of hydrogen-bond donors (Lipinski definition) is 7. The van der Waals surface area contributed by atoms with Gasteiger partial charge in [0.2, 0.25) is 23.6 Å². The summed E-state index contributed by atoms with van der Waals surface area (Å²) >= 11 is 0. The standard InChI is InChI=1S/C25H31N5O7/c1-14(28-23(34)18(26)13-21(27)32)22(33)29-19(11-16-7-9-17(31)10-8-16)24(35)30-20(25(36)37)12-15-5-3-2-4-6-15/h2-10,14,18-20,31H,11-13,26H2,1H3,(H2,27,32)(H,28,34)(H,29,33)(H,30,35)(H,36,37). The minimum Gasteiger partial charge on any atom is -0.508 e. The number of aromatic hydroxyl groups is 1.